The number of phenols is 1. The third-order valence-corrected chi connectivity index (χ3v) is 2.29. The summed E-state index contributed by atoms with van der Waals surface area (Å²) in [5, 5.41) is 18.2. The summed E-state index contributed by atoms with van der Waals surface area (Å²) in [7, 11) is 0. The minimum Gasteiger partial charge on any atom is -0.510 e. The van der Waals surface area contributed by atoms with Crippen LogP contribution in [0.3, 0.4) is 0 Å². The minimum atomic E-state index is -0.135. The number of hydrogen-bond donors (Lipinski definition) is 3. The van der Waals surface area contributed by atoms with Crippen molar-refractivity contribution < 1.29 is 30.0 Å². The van der Waals surface area contributed by atoms with Gasteiger partial charge in [0, 0.05) is 0 Å². The molecule has 0 aliphatic heterocycles. The molecule has 0 aliphatic rings. The summed E-state index contributed by atoms with van der Waals surface area (Å²) in [6.07, 6.45) is 3.96. The van der Waals surface area contributed by atoms with Crippen molar-refractivity contribution >= 4 is 11.9 Å². The van der Waals surface area contributed by atoms with Crippen molar-refractivity contribution in [3.8, 4) is 5.75 Å². The predicted octanol–water partition coefficient (Wildman–Crippen LogP) is 1.30. The maximum absolute atomic E-state index is 9.31. The third-order valence-electron chi connectivity index (χ3n) is 1.84. The first-order valence-corrected chi connectivity index (χ1v) is 5.52. The Morgan fingerprint density at radius 3 is 2.80 bits per heavy atom. The number of nitrogens with one attached hydrogen (secondary N) is 1. The number of benzene rings is 1. The molecule has 0 spiro atoms. The van der Waals surface area contributed by atoms with Gasteiger partial charge in [-0.3, -0.25) is 4.72 Å². The second-order valence-electron chi connectivity index (χ2n) is 2.80. The molecule has 1 rings (SSSR count). The largest absolute Gasteiger partial charge is 1.00 e. The van der Waals surface area contributed by atoms with Crippen molar-refractivity contribution in [3.05, 3.63) is 35.7 Å². The molecule has 0 bridgehead atoms. The summed E-state index contributed by atoms with van der Waals surface area (Å²) in [5.41, 5.74) is 1.55. The summed E-state index contributed by atoms with van der Waals surface area (Å²) < 4.78 is 3.08. The van der Waals surface area contributed by atoms with Gasteiger partial charge in [0.2, 0.25) is 0 Å². The zero-order chi connectivity index (χ0) is 10.4. The van der Waals surface area contributed by atoms with E-state index >= 15 is 0 Å². The maximum atomic E-state index is 9.31. The number of rotatable bonds is 5. The van der Waals surface area contributed by atoms with Gasteiger partial charge < -0.3 is 10.2 Å². The Morgan fingerprint density at radius 1 is 1.47 bits per heavy atom. The van der Waals surface area contributed by atoms with E-state index in [1.165, 1.54) is 0 Å². The standard InChI is InChI=1S/C10H14NO2S.Os/c1-14-11-5-4-8-2-3-10(13)9(6-8)7-12;/h2-4,6,11-13H,5,7H2,1H3;/q-1;+1. The smallest absolute Gasteiger partial charge is 0.510 e. The van der Waals surface area contributed by atoms with Gasteiger partial charge in [-0.05, 0) is 18.4 Å². The van der Waals surface area contributed by atoms with Crippen LogP contribution >= 0.6 is 11.9 Å². The van der Waals surface area contributed by atoms with Gasteiger partial charge in [0.15, 0.2) is 0 Å². The van der Waals surface area contributed by atoms with Crippen LogP contribution in [0.2, 0.25) is 0 Å². The van der Waals surface area contributed by atoms with Gasteiger partial charge in [-0.15, -0.1) is 0 Å². The van der Waals surface area contributed by atoms with Crippen LogP contribution in [-0.2, 0) is 26.4 Å². The summed E-state index contributed by atoms with van der Waals surface area (Å²) in [5.74, 6) is 0.141. The SMILES string of the molecule is CSNC[CH-]c1ccc(O)c(CO)c1.[Os+]. The topological polar surface area (TPSA) is 52.5 Å². The first kappa shape index (κ1) is 14.8. The first-order valence-electron chi connectivity index (χ1n) is 4.29. The molecule has 3 N–H and O–H groups in total. The van der Waals surface area contributed by atoms with Crippen LogP contribution in [0.1, 0.15) is 11.1 Å². The molecule has 0 heterocycles. The van der Waals surface area contributed by atoms with E-state index in [9.17, 15) is 5.11 Å². The molecule has 1 radical (unpaired) electrons. The fourth-order valence-electron chi connectivity index (χ4n) is 1.10. The van der Waals surface area contributed by atoms with Gasteiger partial charge >= 0.3 is 19.8 Å². The zero-order valence-corrected chi connectivity index (χ0v) is 11.7. The van der Waals surface area contributed by atoms with Crippen molar-refractivity contribution in [2.24, 2.45) is 0 Å². The molecule has 0 amide bonds. The van der Waals surface area contributed by atoms with Gasteiger partial charge in [-0.25, -0.2) is 0 Å². The van der Waals surface area contributed by atoms with Crippen LogP contribution in [0.4, 0.5) is 0 Å². The second kappa shape index (κ2) is 8.01. The Hall–Kier alpha value is -0.204. The van der Waals surface area contributed by atoms with Gasteiger partial charge in [0.25, 0.3) is 0 Å². The average Bonchev–Trinajstić information content (AvgIpc) is 2.21. The molecule has 0 atom stereocenters. The quantitative estimate of drug-likeness (QED) is 0.395. The Balaban J connectivity index is 0.00000196. The van der Waals surface area contributed by atoms with Crippen LogP contribution in [0, 0.1) is 6.42 Å². The Morgan fingerprint density at radius 2 is 2.20 bits per heavy atom. The molecule has 0 saturated heterocycles. The van der Waals surface area contributed by atoms with Crippen LogP contribution in [0.5, 0.6) is 5.75 Å². The van der Waals surface area contributed by atoms with Crippen LogP contribution in [-0.4, -0.2) is 23.0 Å². The molecular weight excluding hydrogens is 388 g/mol. The van der Waals surface area contributed by atoms with Crippen molar-refractivity contribution in [1.29, 1.82) is 0 Å². The molecule has 15 heavy (non-hydrogen) atoms. The van der Waals surface area contributed by atoms with E-state index in [-0.39, 0.29) is 32.1 Å². The molecule has 0 aliphatic carbocycles. The van der Waals surface area contributed by atoms with Gasteiger partial charge in [-0.2, -0.15) is 24.1 Å². The molecule has 0 saturated carbocycles. The van der Waals surface area contributed by atoms with E-state index in [0.717, 1.165) is 12.1 Å². The van der Waals surface area contributed by atoms with Gasteiger partial charge in [0.1, 0.15) is 0 Å². The van der Waals surface area contributed by atoms with E-state index in [4.69, 9.17) is 5.11 Å². The number of aromatic hydroxyl groups is 1. The summed E-state index contributed by atoms with van der Waals surface area (Å²) in [6.45, 7) is 0.625. The van der Waals surface area contributed by atoms with E-state index in [0.29, 0.717) is 5.56 Å². The molecule has 0 aromatic heterocycles. The van der Waals surface area contributed by atoms with Gasteiger partial charge in [0.05, 0.1) is 12.4 Å². The molecule has 3 nitrogen and oxygen atoms in total. The summed E-state index contributed by atoms with van der Waals surface area (Å²) in [6, 6.07) is 5.18. The van der Waals surface area contributed by atoms with Crippen molar-refractivity contribution in [3.63, 3.8) is 0 Å². The van der Waals surface area contributed by atoms with E-state index < -0.39 is 0 Å². The van der Waals surface area contributed by atoms with Crippen molar-refractivity contribution in [2.45, 2.75) is 6.61 Å². The molecule has 5 heteroatoms. The normalized spacial score (nSPS) is 9.47. The van der Waals surface area contributed by atoms with Crippen LogP contribution in [0.25, 0.3) is 0 Å². The molecule has 0 unspecified atom stereocenters. The number of aliphatic hydroxyl groups is 1. The number of aliphatic hydroxyl groups excluding tert-OH is 1. The summed E-state index contributed by atoms with van der Waals surface area (Å²) in [4.78, 5) is 0. The van der Waals surface area contributed by atoms with Crippen molar-refractivity contribution in [2.75, 3.05) is 12.8 Å². The number of hydrogen-bond acceptors (Lipinski definition) is 4. The Kier molecular flexibility index (Phi) is 7.90. The predicted molar refractivity (Wildman–Crippen MR) is 58.9 cm³/mol. The zero-order valence-electron chi connectivity index (χ0n) is 8.38. The summed E-state index contributed by atoms with van der Waals surface area (Å²) >= 11 is 1.55. The maximum Gasteiger partial charge on any atom is 1.00 e. The Labute approximate surface area is 107 Å². The first-order chi connectivity index (χ1) is 6.77. The van der Waals surface area contributed by atoms with Crippen molar-refractivity contribution in [1.82, 2.24) is 4.72 Å². The minimum absolute atomic E-state index is 0. The van der Waals surface area contributed by atoms with Crippen LogP contribution < -0.4 is 4.72 Å². The molecular formula is C10H14NO2OsS. The molecule has 1 aromatic rings. The molecule has 0 fully saturated rings. The average molecular weight is 403 g/mol. The van der Waals surface area contributed by atoms with E-state index in [1.807, 2.05) is 18.7 Å². The second-order valence-corrected chi connectivity index (χ2v) is 3.50. The Bertz CT molecular complexity index is 297. The van der Waals surface area contributed by atoms with E-state index in [2.05, 4.69) is 4.72 Å². The molecule has 85 valence electrons. The van der Waals surface area contributed by atoms with Crippen LogP contribution in [0.15, 0.2) is 18.2 Å². The molecule has 1 aromatic carbocycles. The van der Waals surface area contributed by atoms with Gasteiger partial charge in [-0.1, -0.05) is 18.0 Å². The van der Waals surface area contributed by atoms with E-state index in [1.54, 1.807) is 24.1 Å². The fourth-order valence-corrected chi connectivity index (χ4v) is 1.35. The third kappa shape index (κ3) is 4.90. The monoisotopic (exact) mass is 404 g/mol. The fraction of sp³-hybridized carbons (Fsp3) is 0.300.